The van der Waals surface area contributed by atoms with Gasteiger partial charge in [-0.25, -0.2) is 4.68 Å². The second kappa shape index (κ2) is 8.08. The van der Waals surface area contributed by atoms with Crippen molar-refractivity contribution in [2.45, 2.75) is 63.3 Å². The number of nitrogens with one attached hydrogen (secondary N) is 1. The molecule has 1 aliphatic rings. The molecule has 1 aromatic heterocycles. The van der Waals surface area contributed by atoms with E-state index in [9.17, 15) is 4.79 Å². The van der Waals surface area contributed by atoms with Gasteiger partial charge in [0.15, 0.2) is 0 Å². The minimum Gasteiger partial charge on any atom is -0.379 e. The van der Waals surface area contributed by atoms with Crippen LogP contribution in [-0.2, 0) is 6.54 Å². The van der Waals surface area contributed by atoms with Crippen LogP contribution >= 0.6 is 23.4 Å². The van der Waals surface area contributed by atoms with Gasteiger partial charge in [-0.2, -0.15) is 16.9 Å². The fourth-order valence-corrected chi connectivity index (χ4v) is 3.91. The van der Waals surface area contributed by atoms with Crippen molar-refractivity contribution < 1.29 is 0 Å². The van der Waals surface area contributed by atoms with Gasteiger partial charge in [0.25, 0.3) is 5.56 Å². The van der Waals surface area contributed by atoms with E-state index in [0.29, 0.717) is 23.5 Å². The van der Waals surface area contributed by atoms with E-state index in [4.69, 9.17) is 11.6 Å². The normalized spacial score (nSPS) is 22.2. The van der Waals surface area contributed by atoms with Crippen molar-refractivity contribution in [2.24, 2.45) is 0 Å². The number of aryl methyl sites for hydroxylation is 1. The Labute approximate surface area is 135 Å². The molecule has 2 atom stereocenters. The van der Waals surface area contributed by atoms with Crippen LogP contribution in [0.3, 0.4) is 0 Å². The van der Waals surface area contributed by atoms with Crippen LogP contribution in [0.15, 0.2) is 11.0 Å². The molecule has 2 unspecified atom stereocenters. The van der Waals surface area contributed by atoms with Crippen LogP contribution in [0, 0.1) is 0 Å². The van der Waals surface area contributed by atoms with E-state index in [1.165, 1.54) is 23.9 Å². The van der Waals surface area contributed by atoms with E-state index in [2.05, 4.69) is 23.6 Å². The predicted molar refractivity (Wildman–Crippen MR) is 91.6 cm³/mol. The van der Waals surface area contributed by atoms with Crippen molar-refractivity contribution in [3.05, 3.63) is 21.6 Å². The monoisotopic (exact) mass is 329 g/mol. The first kappa shape index (κ1) is 16.7. The van der Waals surface area contributed by atoms with Gasteiger partial charge in [-0.1, -0.05) is 37.8 Å². The Hall–Kier alpha value is -0.680. The molecule has 0 amide bonds. The maximum atomic E-state index is 12.2. The van der Waals surface area contributed by atoms with Gasteiger partial charge in [0.05, 0.1) is 11.9 Å². The highest BCUT2D eigenvalue weighted by molar-refractivity contribution is 7.99. The lowest BCUT2D eigenvalue weighted by molar-refractivity contribution is 0.474. The number of anilines is 1. The minimum atomic E-state index is -0.188. The number of halogens is 1. The molecule has 0 aliphatic heterocycles. The van der Waals surface area contributed by atoms with Crippen molar-refractivity contribution >= 4 is 29.1 Å². The topological polar surface area (TPSA) is 46.9 Å². The molecule has 1 saturated carbocycles. The first-order chi connectivity index (χ1) is 10.2. The van der Waals surface area contributed by atoms with E-state index in [1.807, 2.05) is 11.8 Å². The number of nitrogens with zero attached hydrogens (tertiary/aromatic N) is 2. The van der Waals surface area contributed by atoms with Gasteiger partial charge in [0.1, 0.15) is 5.02 Å². The summed E-state index contributed by atoms with van der Waals surface area (Å²) < 4.78 is 1.46. The Morgan fingerprint density at radius 1 is 1.48 bits per heavy atom. The van der Waals surface area contributed by atoms with Crippen LogP contribution in [0.1, 0.15) is 45.4 Å². The number of hydrogen-bond donors (Lipinski definition) is 1. The molecule has 118 valence electrons. The standard InChI is InChI=1S/C15H24ClN3OS/c1-3-4-9-19-15(20)14(16)12(10-17-19)18-11-7-5-6-8-13(11)21-2/h10-11,13,18H,3-9H2,1-2H3. The third kappa shape index (κ3) is 4.16. The summed E-state index contributed by atoms with van der Waals surface area (Å²) >= 11 is 8.13. The molecule has 0 spiro atoms. The summed E-state index contributed by atoms with van der Waals surface area (Å²) in [5, 5.41) is 8.54. The van der Waals surface area contributed by atoms with Gasteiger partial charge >= 0.3 is 0 Å². The highest BCUT2D eigenvalue weighted by Gasteiger charge is 2.25. The summed E-state index contributed by atoms with van der Waals surface area (Å²) in [4.78, 5) is 12.2. The Bertz CT molecular complexity index is 520. The number of hydrogen-bond acceptors (Lipinski definition) is 4. The van der Waals surface area contributed by atoms with Gasteiger partial charge in [-0.05, 0) is 25.5 Å². The molecular formula is C15H24ClN3OS. The average Bonchev–Trinajstić information content (AvgIpc) is 2.51. The smallest absolute Gasteiger partial charge is 0.287 e. The van der Waals surface area contributed by atoms with E-state index < -0.39 is 0 Å². The molecule has 6 heteroatoms. The molecule has 1 aliphatic carbocycles. The van der Waals surface area contributed by atoms with Crippen molar-refractivity contribution in [2.75, 3.05) is 11.6 Å². The zero-order valence-corrected chi connectivity index (χ0v) is 14.3. The van der Waals surface area contributed by atoms with Crippen molar-refractivity contribution in [1.82, 2.24) is 9.78 Å². The van der Waals surface area contributed by atoms with Gasteiger partial charge in [0, 0.05) is 17.8 Å². The molecule has 1 N–H and O–H groups in total. The van der Waals surface area contributed by atoms with Crippen LogP contribution in [0.25, 0.3) is 0 Å². The maximum absolute atomic E-state index is 12.2. The van der Waals surface area contributed by atoms with E-state index >= 15 is 0 Å². The summed E-state index contributed by atoms with van der Waals surface area (Å²) in [6.45, 7) is 2.72. The third-order valence-electron chi connectivity index (χ3n) is 4.05. The SMILES string of the molecule is CCCCn1ncc(NC2CCCCC2SC)c(Cl)c1=O. The van der Waals surface area contributed by atoms with Crippen LogP contribution < -0.4 is 10.9 Å². The van der Waals surface area contributed by atoms with Crippen LogP contribution in [0.2, 0.25) is 5.02 Å². The maximum Gasteiger partial charge on any atom is 0.287 e. The quantitative estimate of drug-likeness (QED) is 0.862. The number of thioether (sulfide) groups is 1. The second-order valence-corrected chi connectivity index (χ2v) is 7.02. The molecular weight excluding hydrogens is 306 g/mol. The Balaban J connectivity index is 2.13. The third-order valence-corrected chi connectivity index (χ3v) is 5.59. The van der Waals surface area contributed by atoms with E-state index in [-0.39, 0.29) is 10.6 Å². The summed E-state index contributed by atoms with van der Waals surface area (Å²) in [6.07, 6.45) is 10.7. The van der Waals surface area contributed by atoms with E-state index in [0.717, 1.165) is 19.3 Å². The van der Waals surface area contributed by atoms with E-state index in [1.54, 1.807) is 6.20 Å². The molecule has 0 radical (unpaired) electrons. The first-order valence-corrected chi connectivity index (χ1v) is 9.39. The summed E-state index contributed by atoms with van der Waals surface area (Å²) in [7, 11) is 0. The largest absolute Gasteiger partial charge is 0.379 e. The van der Waals surface area contributed by atoms with Crippen LogP contribution in [0.5, 0.6) is 0 Å². The minimum absolute atomic E-state index is 0.188. The van der Waals surface area contributed by atoms with Crippen molar-refractivity contribution in [1.29, 1.82) is 0 Å². The lowest BCUT2D eigenvalue weighted by Gasteiger charge is -2.31. The zero-order chi connectivity index (χ0) is 15.2. The molecule has 1 aromatic rings. The zero-order valence-electron chi connectivity index (χ0n) is 12.8. The van der Waals surface area contributed by atoms with Crippen LogP contribution in [0.4, 0.5) is 5.69 Å². The molecule has 21 heavy (non-hydrogen) atoms. The summed E-state index contributed by atoms with van der Waals surface area (Å²) in [5.41, 5.74) is 0.493. The molecule has 0 saturated heterocycles. The Morgan fingerprint density at radius 2 is 2.24 bits per heavy atom. The fraction of sp³-hybridized carbons (Fsp3) is 0.733. The van der Waals surface area contributed by atoms with Crippen molar-refractivity contribution in [3.63, 3.8) is 0 Å². The highest BCUT2D eigenvalue weighted by Crippen LogP contribution is 2.30. The molecule has 4 nitrogen and oxygen atoms in total. The summed E-state index contributed by atoms with van der Waals surface area (Å²) in [6, 6.07) is 0.374. The Kier molecular flexibility index (Phi) is 6.42. The van der Waals surface area contributed by atoms with Gasteiger partial charge < -0.3 is 5.32 Å². The second-order valence-electron chi connectivity index (χ2n) is 5.56. The van der Waals surface area contributed by atoms with Crippen LogP contribution in [-0.4, -0.2) is 27.3 Å². The lowest BCUT2D eigenvalue weighted by atomic mass is 9.95. The average molecular weight is 330 g/mol. The molecule has 1 fully saturated rings. The molecule has 0 bridgehead atoms. The number of aromatic nitrogens is 2. The summed E-state index contributed by atoms with van der Waals surface area (Å²) in [5.74, 6) is 0. The van der Waals surface area contributed by atoms with Gasteiger partial charge in [0.2, 0.25) is 0 Å². The van der Waals surface area contributed by atoms with Gasteiger partial charge in [-0.15, -0.1) is 0 Å². The molecule has 1 heterocycles. The molecule has 2 rings (SSSR count). The first-order valence-electron chi connectivity index (χ1n) is 7.72. The van der Waals surface area contributed by atoms with Gasteiger partial charge in [-0.3, -0.25) is 4.79 Å². The van der Waals surface area contributed by atoms with Crippen molar-refractivity contribution in [3.8, 4) is 0 Å². The highest BCUT2D eigenvalue weighted by atomic mass is 35.5. The predicted octanol–water partition coefficient (Wildman–Crippen LogP) is 3.78. The lowest BCUT2D eigenvalue weighted by Crippen LogP contribution is -2.35. The number of unbranched alkanes of at least 4 members (excludes halogenated alkanes) is 1. The fourth-order valence-electron chi connectivity index (χ4n) is 2.78. The number of rotatable bonds is 6. The molecule has 0 aromatic carbocycles. The Morgan fingerprint density at radius 3 is 2.95 bits per heavy atom.